The summed E-state index contributed by atoms with van der Waals surface area (Å²) in [6, 6.07) is 14.2. The summed E-state index contributed by atoms with van der Waals surface area (Å²) in [6.45, 7) is 0. The predicted octanol–water partition coefficient (Wildman–Crippen LogP) is 3.21. The van der Waals surface area contributed by atoms with Gasteiger partial charge in [0.05, 0.1) is 25.5 Å². The molecule has 2 rings (SSSR count). The van der Waals surface area contributed by atoms with Crippen LogP contribution in [0.3, 0.4) is 0 Å². The molecule has 0 unspecified atom stereocenters. The molecule has 5 nitrogen and oxygen atoms in total. The summed E-state index contributed by atoms with van der Waals surface area (Å²) in [5.74, 6) is 0.279. The fourth-order valence-corrected chi connectivity index (χ4v) is 2.75. The Morgan fingerprint density at radius 2 is 1.87 bits per heavy atom. The minimum atomic E-state index is -0.415. The lowest BCUT2D eigenvalue weighted by Gasteiger charge is -2.09. The highest BCUT2D eigenvalue weighted by molar-refractivity contribution is 8.00. The Hall–Kier alpha value is -2.47. The summed E-state index contributed by atoms with van der Waals surface area (Å²) in [6.07, 6.45) is 0. The van der Waals surface area contributed by atoms with Gasteiger partial charge in [-0.15, -0.1) is 11.8 Å². The molecule has 0 heterocycles. The van der Waals surface area contributed by atoms with Gasteiger partial charge in [-0.1, -0.05) is 18.2 Å². The fraction of sp³-hybridized carbons (Fsp3) is 0.176. The second kappa shape index (κ2) is 8.24. The molecule has 0 saturated heterocycles. The number of ether oxygens (including phenoxy) is 2. The van der Waals surface area contributed by atoms with Crippen LogP contribution in [0.5, 0.6) is 5.75 Å². The minimum absolute atomic E-state index is 0.164. The molecule has 120 valence electrons. The highest BCUT2D eigenvalue weighted by Crippen LogP contribution is 2.24. The Bertz CT molecular complexity index is 702. The van der Waals surface area contributed by atoms with Crippen LogP contribution >= 0.6 is 11.8 Å². The van der Waals surface area contributed by atoms with Crippen LogP contribution in [0.2, 0.25) is 0 Å². The largest absolute Gasteiger partial charge is 0.497 e. The first kappa shape index (κ1) is 16.9. The maximum absolute atomic E-state index is 12.0. The summed E-state index contributed by atoms with van der Waals surface area (Å²) < 4.78 is 9.85. The van der Waals surface area contributed by atoms with Gasteiger partial charge in [0, 0.05) is 16.6 Å². The van der Waals surface area contributed by atoms with Crippen molar-refractivity contribution in [2.75, 3.05) is 25.3 Å². The second-order valence-electron chi connectivity index (χ2n) is 4.56. The Morgan fingerprint density at radius 3 is 2.61 bits per heavy atom. The summed E-state index contributed by atoms with van der Waals surface area (Å²) in [7, 11) is 2.90. The lowest BCUT2D eigenvalue weighted by molar-refractivity contribution is -0.113. The van der Waals surface area contributed by atoms with Crippen LogP contribution in [0, 0.1) is 0 Å². The zero-order valence-electron chi connectivity index (χ0n) is 12.9. The van der Waals surface area contributed by atoms with Crippen molar-refractivity contribution in [2.24, 2.45) is 0 Å². The number of esters is 1. The van der Waals surface area contributed by atoms with Crippen LogP contribution in [0.1, 0.15) is 10.4 Å². The molecule has 0 atom stereocenters. The fourth-order valence-electron chi connectivity index (χ4n) is 1.91. The van der Waals surface area contributed by atoms with Crippen molar-refractivity contribution in [1.29, 1.82) is 0 Å². The third kappa shape index (κ3) is 4.75. The number of methoxy groups -OCH3 is 2. The molecule has 0 aliphatic heterocycles. The number of hydrogen-bond acceptors (Lipinski definition) is 5. The average molecular weight is 331 g/mol. The van der Waals surface area contributed by atoms with Gasteiger partial charge in [0.1, 0.15) is 5.75 Å². The third-order valence-electron chi connectivity index (χ3n) is 3.00. The quantitative estimate of drug-likeness (QED) is 0.650. The van der Waals surface area contributed by atoms with Crippen LogP contribution in [0.25, 0.3) is 0 Å². The summed E-state index contributed by atoms with van der Waals surface area (Å²) in [4.78, 5) is 24.4. The summed E-state index contributed by atoms with van der Waals surface area (Å²) in [5, 5.41) is 2.79. The highest BCUT2D eigenvalue weighted by atomic mass is 32.2. The topological polar surface area (TPSA) is 64.6 Å². The molecule has 1 N–H and O–H groups in total. The van der Waals surface area contributed by atoms with Crippen molar-refractivity contribution in [3.05, 3.63) is 54.1 Å². The average Bonchev–Trinajstić information content (AvgIpc) is 2.59. The van der Waals surface area contributed by atoms with E-state index in [1.807, 2.05) is 6.07 Å². The van der Waals surface area contributed by atoms with E-state index in [4.69, 9.17) is 9.47 Å². The smallest absolute Gasteiger partial charge is 0.338 e. The molecule has 0 aliphatic rings. The lowest BCUT2D eigenvalue weighted by atomic mass is 10.2. The second-order valence-corrected chi connectivity index (χ2v) is 5.57. The number of amides is 1. The molecule has 0 radical (unpaired) electrons. The first-order valence-electron chi connectivity index (χ1n) is 6.88. The number of nitrogens with one attached hydrogen (secondary N) is 1. The van der Waals surface area contributed by atoms with Gasteiger partial charge >= 0.3 is 5.97 Å². The number of anilines is 1. The lowest BCUT2D eigenvalue weighted by Crippen LogP contribution is -2.14. The van der Waals surface area contributed by atoms with Crippen LogP contribution in [0.4, 0.5) is 5.69 Å². The number of carbonyl (C=O) groups excluding carboxylic acids is 2. The standard InChI is InChI=1S/C17H17NO4S/c1-21-13-7-5-6-12(10-13)18-16(19)11-23-15-9-4-3-8-14(15)17(20)22-2/h3-10H,11H2,1-2H3,(H,18,19). The number of rotatable bonds is 6. The third-order valence-corrected chi connectivity index (χ3v) is 4.08. The predicted molar refractivity (Wildman–Crippen MR) is 90.1 cm³/mol. The molecule has 1 amide bonds. The van der Waals surface area contributed by atoms with E-state index in [-0.39, 0.29) is 11.7 Å². The van der Waals surface area contributed by atoms with E-state index in [1.165, 1.54) is 18.9 Å². The van der Waals surface area contributed by atoms with E-state index in [9.17, 15) is 9.59 Å². The normalized spacial score (nSPS) is 10.0. The Kier molecular flexibility index (Phi) is 6.05. The Balaban J connectivity index is 1.98. The van der Waals surface area contributed by atoms with Gasteiger partial charge in [-0.05, 0) is 24.3 Å². The van der Waals surface area contributed by atoms with Gasteiger partial charge in [-0.2, -0.15) is 0 Å². The molecule has 2 aromatic rings. The molecule has 23 heavy (non-hydrogen) atoms. The number of hydrogen-bond donors (Lipinski definition) is 1. The summed E-state index contributed by atoms with van der Waals surface area (Å²) >= 11 is 1.28. The molecule has 0 fully saturated rings. The molecular formula is C17H17NO4S. The van der Waals surface area contributed by atoms with E-state index in [0.717, 1.165) is 0 Å². The molecular weight excluding hydrogens is 314 g/mol. The maximum Gasteiger partial charge on any atom is 0.338 e. The van der Waals surface area contributed by atoms with Crippen LogP contribution in [0.15, 0.2) is 53.4 Å². The van der Waals surface area contributed by atoms with E-state index in [0.29, 0.717) is 21.9 Å². The van der Waals surface area contributed by atoms with Crippen molar-refractivity contribution in [2.45, 2.75) is 4.90 Å². The van der Waals surface area contributed by atoms with Gasteiger partial charge in [0.25, 0.3) is 0 Å². The SMILES string of the molecule is COC(=O)c1ccccc1SCC(=O)Nc1cccc(OC)c1. The van der Waals surface area contributed by atoms with E-state index in [2.05, 4.69) is 5.32 Å². The van der Waals surface area contributed by atoms with Crippen LogP contribution in [-0.2, 0) is 9.53 Å². The van der Waals surface area contributed by atoms with Gasteiger partial charge in [-0.25, -0.2) is 4.79 Å². The number of benzene rings is 2. The van der Waals surface area contributed by atoms with Crippen LogP contribution in [-0.4, -0.2) is 31.8 Å². The van der Waals surface area contributed by atoms with E-state index >= 15 is 0 Å². The molecule has 0 saturated carbocycles. The van der Waals surface area contributed by atoms with Gasteiger partial charge in [0.2, 0.25) is 5.91 Å². The van der Waals surface area contributed by atoms with Crippen molar-refractivity contribution in [1.82, 2.24) is 0 Å². The molecule has 0 bridgehead atoms. The Labute approximate surface area is 139 Å². The van der Waals surface area contributed by atoms with Crippen molar-refractivity contribution in [3.8, 4) is 5.75 Å². The molecule has 6 heteroatoms. The first-order valence-corrected chi connectivity index (χ1v) is 7.86. The first-order chi connectivity index (χ1) is 11.1. The Morgan fingerprint density at radius 1 is 1.09 bits per heavy atom. The zero-order valence-corrected chi connectivity index (χ0v) is 13.7. The number of thioether (sulfide) groups is 1. The minimum Gasteiger partial charge on any atom is -0.497 e. The maximum atomic E-state index is 12.0. The van der Waals surface area contributed by atoms with Crippen molar-refractivity contribution < 1.29 is 19.1 Å². The molecule has 2 aromatic carbocycles. The summed E-state index contributed by atoms with van der Waals surface area (Å²) in [5.41, 5.74) is 1.12. The molecule has 0 aliphatic carbocycles. The van der Waals surface area contributed by atoms with Crippen LogP contribution < -0.4 is 10.1 Å². The van der Waals surface area contributed by atoms with Gasteiger partial charge in [-0.3, -0.25) is 4.79 Å². The van der Waals surface area contributed by atoms with E-state index in [1.54, 1.807) is 49.6 Å². The van der Waals surface area contributed by atoms with Crippen molar-refractivity contribution >= 4 is 29.3 Å². The highest BCUT2D eigenvalue weighted by Gasteiger charge is 2.13. The van der Waals surface area contributed by atoms with Gasteiger partial charge in [0.15, 0.2) is 0 Å². The monoisotopic (exact) mass is 331 g/mol. The molecule has 0 aromatic heterocycles. The van der Waals surface area contributed by atoms with Gasteiger partial charge < -0.3 is 14.8 Å². The molecule has 0 spiro atoms. The van der Waals surface area contributed by atoms with Crippen molar-refractivity contribution in [3.63, 3.8) is 0 Å². The zero-order chi connectivity index (χ0) is 16.7. The van der Waals surface area contributed by atoms with E-state index < -0.39 is 5.97 Å². The number of carbonyl (C=O) groups is 2.